The van der Waals surface area contributed by atoms with Gasteiger partial charge in [0.15, 0.2) is 0 Å². The summed E-state index contributed by atoms with van der Waals surface area (Å²) in [6.45, 7) is 4.01. The number of likely N-dealkylation sites (N-methyl/N-ethyl adjacent to an activating group) is 1. The highest BCUT2D eigenvalue weighted by Gasteiger charge is 2.34. The van der Waals surface area contributed by atoms with E-state index in [1.54, 1.807) is 0 Å². The predicted molar refractivity (Wildman–Crippen MR) is 59.8 cm³/mol. The Kier molecular flexibility index (Phi) is 3.65. The van der Waals surface area contributed by atoms with E-state index in [1.165, 1.54) is 6.42 Å². The minimum Gasteiger partial charge on any atom is -0.391 e. The second-order valence-corrected chi connectivity index (χ2v) is 5.24. The third kappa shape index (κ3) is 2.52. The molecule has 0 aromatic rings. The van der Waals surface area contributed by atoms with Gasteiger partial charge in [-0.2, -0.15) is 0 Å². The van der Waals surface area contributed by atoms with Crippen LogP contribution >= 0.6 is 0 Å². The van der Waals surface area contributed by atoms with E-state index in [0.29, 0.717) is 12.1 Å². The van der Waals surface area contributed by atoms with Crippen molar-refractivity contribution in [1.82, 2.24) is 4.90 Å². The number of nitrogens with zero attached hydrogens (tertiary/aromatic N) is 1. The maximum atomic E-state index is 10.0. The van der Waals surface area contributed by atoms with Crippen LogP contribution in [0, 0.1) is 5.92 Å². The van der Waals surface area contributed by atoms with E-state index in [-0.39, 0.29) is 6.10 Å². The number of rotatable bonds is 2. The Labute approximate surface area is 92.4 Å². The standard InChI is InChI=1S/C12H23NO2/c1-9-3-4-12(14)11(7-9)13(2)10-5-6-15-8-10/h9-12,14H,3-8H2,1-2H3. The quantitative estimate of drug-likeness (QED) is 0.749. The summed E-state index contributed by atoms with van der Waals surface area (Å²) in [6, 6.07) is 0.871. The molecule has 15 heavy (non-hydrogen) atoms. The van der Waals surface area contributed by atoms with Crippen LogP contribution in [0.4, 0.5) is 0 Å². The molecule has 1 heterocycles. The zero-order valence-corrected chi connectivity index (χ0v) is 9.85. The van der Waals surface area contributed by atoms with Crippen LogP contribution in [0.3, 0.4) is 0 Å². The van der Waals surface area contributed by atoms with Gasteiger partial charge in [0.25, 0.3) is 0 Å². The molecule has 0 spiro atoms. The molecule has 1 aliphatic heterocycles. The fourth-order valence-electron chi connectivity index (χ4n) is 2.89. The average molecular weight is 213 g/mol. The first-order valence-electron chi connectivity index (χ1n) is 6.16. The van der Waals surface area contributed by atoms with Crippen molar-refractivity contribution in [2.75, 3.05) is 20.3 Å². The van der Waals surface area contributed by atoms with E-state index >= 15 is 0 Å². The highest BCUT2D eigenvalue weighted by molar-refractivity contribution is 4.88. The summed E-state index contributed by atoms with van der Waals surface area (Å²) >= 11 is 0. The number of ether oxygens (including phenoxy) is 1. The van der Waals surface area contributed by atoms with E-state index in [0.717, 1.165) is 38.4 Å². The Morgan fingerprint density at radius 2 is 2.07 bits per heavy atom. The van der Waals surface area contributed by atoms with Crippen molar-refractivity contribution >= 4 is 0 Å². The van der Waals surface area contributed by atoms with E-state index in [9.17, 15) is 5.11 Å². The molecule has 4 unspecified atom stereocenters. The van der Waals surface area contributed by atoms with Crippen LogP contribution < -0.4 is 0 Å². The summed E-state index contributed by atoms with van der Waals surface area (Å²) in [5.41, 5.74) is 0. The number of hydrogen-bond donors (Lipinski definition) is 1. The van der Waals surface area contributed by atoms with Crippen LogP contribution in [0.25, 0.3) is 0 Å². The molecule has 2 rings (SSSR count). The van der Waals surface area contributed by atoms with Crippen LogP contribution in [0.5, 0.6) is 0 Å². The number of hydrogen-bond acceptors (Lipinski definition) is 3. The van der Waals surface area contributed by atoms with Crippen molar-refractivity contribution in [3.63, 3.8) is 0 Å². The predicted octanol–water partition coefficient (Wildman–Crippen LogP) is 1.26. The Morgan fingerprint density at radius 3 is 2.73 bits per heavy atom. The molecular formula is C12H23NO2. The number of aliphatic hydroxyl groups excluding tert-OH is 1. The minimum atomic E-state index is -0.133. The highest BCUT2D eigenvalue weighted by Crippen LogP contribution is 2.29. The van der Waals surface area contributed by atoms with E-state index in [4.69, 9.17) is 4.74 Å². The zero-order valence-electron chi connectivity index (χ0n) is 9.85. The third-order valence-corrected chi connectivity index (χ3v) is 4.05. The summed E-state index contributed by atoms with van der Waals surface area (Å²) in [6.07, 6.45) is 4.25. The van der Waals surface area contributed by atoms with Crippen molar-refractivity contribution in [1.29, 1.82) is 0 Å². The highest BCUT2D eigenvalue weighted by atomic mass is 16.5. The summed E-state index contributed by atoms with van der Waals surface area (Å²) in [5, 5.41) is 10.0. The molecule has 0 amide bonds. The van der Waals surface area contributed by atoms with Crippen molar-refractivity contribution in [3.05, 3.63) is 0 Å². The summed E-state index contributed by atoms with van der Waals surface area (Å²) in [7, 11) is 2.14. The SMILES string of the molecule is CC1CCC(O)C(N(C)C2CCOC2)C1. The normalized spacial score (nSPS) is 42.4. The molecule has 2 aliphatic rings. The first-order chi connectivity index (χ1) is 7.18. The Hall–Kier alpha value is -0.120. The summed E-state index contributed by atoms with van der Waals surface area (Å²) < 4.78 is 5.41. The van der Waals surface area contributed by atoms with Gasteiger partial charge >= 0.3 is 0 Å². The Morgan fingerprint density at radius 1 is 1.27 bits per heavy atom. The van der Waals surface area contributed by atoms with Gasteiger partial charge in [-0.25, -0.2) is 0 Å². The Bertz CT molecular complexity index is 204. The average Bonchev–Trinajstić information content (AvgIpc) is 2.74. The largest absolute Gasteiger partial charge is 0.391 e. The third-order valence-electron chi connectivity index (χ3n) is 4.05. The fourth-order valence-corrected chi connectivity index (χ4v) is 2.89. The van der Waals surface area contributed by atoms with Gasteiger partial charge in [0.2, 0.25) is 0 Å². The van der Waals surface area contributed by atoms with Gasteiger partial charge in [0, 0.05) is 18.7 Å². The van der Waals surface area contributed by atoms with Crippen LogP contribution in [-0.4, -0.2) is 48.5 Å². The van der Waals surface area contributed by atoms with Gasteiger partial charge in [-0.05, 0) is 38.6 Å². The smallest absolute Gasteiger partial charge is 0.0695 e. The van der Waals surface area contributed by atoms with E-state index in [2.05, 4.69) is 18.9 Å². The molecular weight excluding hydrogens is 190 g/mol. The molecule has 1 saturated heterocycles. The van der Waals surface area contributed by atoms with Crippen LogP contribution in [-0.2, 0) is 4.74 Å². The molecule has 1 N–H and O–H groups in total. The first-order valence-corrected chi connectivity index (χ1v) is 6.16. The fraction of sp³-hybridized carbons (Fsp3) is 1.00. The molecule has 0 aromatic carbocycles. The van der Waals surface area contributed by atoms with Crippen molar-refractivity contribution in [3.8, 4) is 0 Å². The summed E-state index contributed by atoms with van der Waals surface area (Å²) in [5.74, 6) is 0.753. The molecule has 0 bridgehead atoms. The molecule has 1 aliphatic carbocycles. The van der Waals surface area contributed by atoms with Gasteiger partial charge in [-0.1, -0.05) is 6.92 Å². The van der Waals surface area contributed by atoms with Crippen molar-refractivity contribution < 1.29 is 9.84 Å². The van der Waals surface area contributed by atoms with Crippen LogP contribution in [0.1, 0.15) is 32.6 Å². The second-order valence-electron chi connectivity index (χ2n) is 5.24. The lowest BCUT2D eigenvalue weighted by atomic mass is 9.84. The zero-order chi connectivity index (χ0) is 10.8. The van der Waals surface area contributed by atoms with Crippen molar-refractivity contribution in [2.24, 2.45) is 5.92 Å². The van der Waals surface area contributed by atoms with Gasteiger partial charge in [-0.3, -0.25) is 4.90 Å². The molecule has 3 heteroatoms. The lowest BCUT2D eigenvalue weighted by molar-refractivity contribution is -0.00256. The molecule has 88 valence electrons. The van der Waals surface area contributed by atoms with Gasteiger partial charge in [0.05, 0.1) is 12.7 Å². The van der Waals surface area contributed by atoms with E-state index in [1.807, 2.05) is 0 Å². The maximum Gasteiger partial charge on any atom is 0.0695 e. The van der Waals surface area contributed by atoms with Gasteiger partial charge in [-0.15, -0.1) is 0 Å². The maximum absolute atomic E-state index is 10.0. The van der Waals surface area contributed by atoms with Crippen LogP contribution in [0.2, 0.25) is 0 Å². The van der Waals surface area contributed by atoms with Gasteiger partial charge < -0.3 is 9.84 Å². The minimum absolute atomic E-state index is 0.133. The monoisotopic (exact) mass is 213 g/mol. The molecule has 1 saturated carbocycles. The molecule has 3 nitrogen and oxygen atoms in total. The number of aliphatic hydroxyl groups is 1. The Balaban J connectivity index is 1.94. The second kappa shape index (κ2) is 4.81. The van der Waals surface area contributed by atoms with Crippen molar-refractivity contribution in [2.45, 2.75) is 50.8 Å². The molecule has 0 aromatic heterocycles. The molecule has 4 atom stereocenters. The summed E-state index contributed by atoms with van der Waals surface area (Å²) in [4.78, 5) is 2.35. The topological polar surface area (TPSA) is 32.7 Å². The van der Waals surface area contributed by atoms with Crippen LogP contribution in [0.15, 0.2) is 0 Å². The first kappa shape index (κ1) is 11.4. The van der Waals surface area contributed by atoms with Gasteiger partial charge in [0.1, 0.15) is 0 Å². The molecule has 2 fully saturated rings. The van der Waals surface area contributed by atoms with E-state index < -0.39 is 0 Å². The molecule has 0 radical (unpaired) electrons. The lowest BCUT2D eigenvalue weighted by Crippen LogP contribution is -2.49. The lowest BCUT2D eigenvalue weighted by Gasteiger charge is -2.40.